The second-order valence-corrected chi connectivity index (χ2v) is 13.9. The van der Waals surface area contributed by atoms with Gasteiger partial charge in [-0.05, 0) is 79.2 Å². The predicted octanol–water partition coefficient (Wildman–Crippen LogP) is 13.1. The molecule has 3 heteroatoms. The minimum atomic E-state index is 0.650. The predicted molar refractivity (Wildman–Crippen MR) is 228 cm³/mol. The third-order valence-electron chi connectivity index (χ3n) is 10.6. The summed E-state index contributed by atoms with van der Waals surface area (Å²) >= 11 is 0. The summed E-state index contributed by atoms with van der Waals surface area (Å²) in [6.45, 7) is 0. The van der Waals surface area contributed by atoms with Gasteiger partial charge in [0.15, 0.2) is 5.82 Å². The molecule has 3 nitrogen and oxygen atoms in total. The van der Waals surface area contributed by atoms with Crippen molar-refractivity contribution in [1.82, 2.24) is 9.97 Å². The smallest absolute Gasteiger partial charge is 0.175 e. The van der Waals surface area contributed by atoms with Gasteiger partial charge < -0.3 is 0 Å². The topological polar surface area (TPSA) is 38.1 Å². The van der Waals surface area contributed by atoms with Crippen molar-refractivity contribution in [1.29, 1.82) is 0 Å². The second-order valence-electron chi connectivity index (χ2n) is 13.9. The van der Waals surface area contributed by atoms with Gasteiger partial charge in [-0.2, -0.15) is 0 Å². The highest BCUT2D eigenvalue weighted by Gasteiger charge is 2.19. The van der Waals surface area contributed by atoms with Crippen LogP contribution in [0.25, 0.3) is 76.9 Å². The minimum Gasteiger partial charge on any atom is -0.249 e. The van der Waals surface area contributed by atoms with Crippen LogP contribution in [0.2, 0.25) is 0 Å². The molecule has 10 rings (SSSR count). The average Bonchev–Trinajstić information content (AvgIpc) is 3.23. The molecule has 1 aromatic heterocycles. The van der Waals surface area contributed by atoms with Crippen LogP contribution in [0, 0.1) is 0 Å². The maximum Gasteiger partial charge on any atom is 0.175 e. The molecule has 0 amide bonds. The lowest BCUT2D eigenvalue weighted by molar-refractivity contribution is 1.05. The number of allylic oxidation sites excluding steroid dienone is 3. The zero-order valence-corrected chi connectivity index (χ0v) is 29.7. The van der Waals surface area contributed by atoms with E-state index in [0.29, 0.717) is 12.2 Å². The third kappa shape index (κ3) is 5.77. The van der Waals surface area contributed by atoms with Gasteiger partial charge in [-0.1, -0.05) is 176 Å². The van der Waals surface area contributed by atoms with E-state index in [1.165, 1.54) is 38.1 Å². The Morgan fingerprint density at radius 1 is 0.389 bits per heavy atom. The van der Waals surface area contributed by atoms with Crippen molar-refractivity contribution in [2.75, 3.05) is 0 Å². The Kier molecular flexibility index (Phi) is 7.96. The Morgan fingerprint density at radius 2 is 0.796 bits per heavy atom. The van der Waals surface area contributed by atoms with Gasteiger partial charge in [0.1, 0.15) is 0 Å². The molecule has 254 valence electrons. The number of hydrogen-bond donors (Lipinski definition) is 0. The zero-order valence-electron chi connectivity index (χ0n) is 29.7. The molecule has 0 atom stereocenters. The van der Waals surface area contributed by atoms with Crippen LogP contribution in [-0.2, 0) is 0 Å². The fourth-order valence-electron chi connectivity index (χ4n) is 7.97. The molecule has 54 heavy (non-hydrogen) atoms. The van der Waals surface area contributed by atoms with E-state index in [4.69, 9.17) is 15.0 Å². The van der Waals surface area contributed by atoms with E-state index < -0.39 is 0 Å². The van der Waals surface area contributed by atoms with E-state index in [-0.39, 0.29) is 0 Å². The van der Waals surface area contributed by atoms with E-state index in [0.717, 1.165) is 62.1 Å². The fourth-order valence-corrected chi connectivity index (χ4v) is 7.97. The number of hydrogen-bond acceptors (Lipinski definition) is 3. The first kappa shape index (κ1) is 31.7. The number of benzene rings is 8. The molecule has 2 heterocycles. The highest BCUT2D eigenvalue weighted by atomic mass is 14.9. The van der Waals surface area contributed by atoms with Crippen LogP contribution in [0.1, 0.15) is 29.8 Å². The normalized spacial score (nSPS) is 16.3. The van der Waals surface area contributed by atoms with Crippen LogP contribution >= 0.6 is 0 Å². The molecule has 0 bridgehead atoms. The molecule has 0 unspecified atom stereocenters. The second kappa shape index (κ2) is 13.5. The van der Waals surface area contributed by atoms with Crippen LogP contribution in [-0.4, -0.2) is 15.7 Å². The summed E-state index contributed by atoms with van der Waals surface area (Å²) in [6, 6.07) is 62.3. The number of fused-ring (bicyclic) bond motifs is 4. The van der Waals surface area contributed by atoms with Gasteiger partial charge in [-0.15, -0.1) is 0 Å². The Hall–Kier alpha value is -6.97. The van der Waals surface area contributed by atoms with Crippen molar-refractivity contribution in [3.8, 4) is 22.5 Å². The summed E-state index contributed by atoms with van der Waals surface area (Å²) < 4.78 is 0. The van der Waals surface area contributed by atoms with Crippen LogP contribution < -0.4 is 0 Å². The first-order valence-corrected chi connectivity index (χ1v) is 18.6. The highest BCUT2D eigenvalue weighted by Crippen LogP contribution is 2.36. The molecule has 0 fully saturated rings. The van der Waals surface area contributed by atoms with Crippen LogP contribution in [0.5, 0.6) is 0 Å². The SMILES string of the molecule is C1=C(c2cccc3ccccc23)\N=C(\c2nc(-c3cccc4ccccc34)cc(-c3cccc4ccccc34)n2)CC\C=C/1c1cccc2ccccc12. The van der Waals surface area contributed by atoms with Gasteiger partial charge in [-0.25, -0.2) is 15.0 Å². The van der Waals surface area contributed by atoms with Gasteiger partial charge in [0.2, 0.25) is 0 Å². The molecule has 0 radical (unpaired) electrons. The molecule has 0 N–H and O–H groups in total. The van der Waals surface area contributed by atoms with Crippen molar-refractivity contribution in [3.63, 3.8) is 0 Å². The van der Waals surface area contributed by atoms with Crippen molar-refractivity contribution >= 4 is 60.1 Å². The summed E-state index contributed by atoms with van der Waals surface area (Å²) in [5, 5.41) is 9.47. The van der Waals surface area contributed by atoms with Crippen molar-refractivity contribution < 1.29 is 0 Å². The van der Waals surface area contributed by atoms with E-state index in [1.54, 1.807) is 0 Å². The van der Waals surface area contributed by atoms with Gasteiger partial charge in [-0.3, -0.25) is 0 Å². The van der Waals surface area contributed by atoms with Crippen LogP contribution in [0.4, 0.5) is 0 Å². The maximum atomic E-state index is 5.59. The molecule has 9 aromatic rings. The largest absolute Gasteiger partial charge is 0.249 e. The van der Waals surface area contributed by atoms with E-state index >= 15 is 0 Å². The Labute approximate surface area is 314 Å². The first-order chi connectivity index (χ1) is 26.8. The van der Waals surface area contributed by atoms with Crippen molar-refractivity contribution in [2.24, 2.45) is 4.99 Å². The zero-order chi connectivity index (χ0) is 35.8. The monoisotopic (exact) mass is 689 g/mol. The van der Waals surface area contributed by atoms with E-state index in [1.807, 2.05) is 0 Å². The summed E-state index contributed by atoms with van der Waals surface area (Å²) in [7, 11) is 0. The maximum absolute atomic E-state index is 5.59. The van der Waals surface area contributed by atoms with Gasteiger partial charge in [0.25, 0.3) is 0 Å². The molecular formula is C51H35N3. The number of nitrogens with zero attached hydrogens (tertiary/aromatic N) is 3. The number of rotatable bonds is 5. The van der Waals surface area contributed by atoms with Gasteiger partial charge in [0, 0.05) is 16.7 Å². The lowest BCUT2D eigenvalue weighted by Crippen LogP contribution is -2.10. The molecule has 0 aliphatic carbocycles. The number of aromatic nitrogens is 2. The quantitative estimate of drug-likeness (QED) is 0.180. The molecule has 0 saturated carbocycles. The summed E-state index contributed by atoms with van der Waals surface area (Å²) in [6.07, 6.45) is 6.11. The van der Waals surface area contributed by atoms with Crippen LogP contribution in [0.15, 0.2) is 193 Å². The highest BCUT2D eigenvalue weighted by molar-refractivity contribution is 6.08. The third-order valence-corrected chi connectivity index (χ3v) is 10.6. The van der Waals surface area contributed by atoms with E-state index in [9.17, 15) is 0 Å². The Bertz CT molecular complexity index is 2880. The number of aliphatic imine (C=N–C) groups is 1. The summed E-state index contributed by atoms with van der Waals surface area (Å²) in [5.41, 5.74) is 9.13. The molecule has 8 aromatic carbocycles. The van der Waals surface area contributed by atoms with Gasteiger partial charge in [0.05, 0.1) is 22.8 Å². The summed E-state index contributed by atoms with van der Waals surface area (Å²) in [4.78, 5) is 16.3. The first-order valence-electron chi connectivity index (χ1n) is 18.6. The lowest BCUT2D eigenvalue weighted by Gasteiger charge is -2.17. The molecular weight excluding hydrogens is 655 g/mol. The van der Waals surface area contributed by atoms with Crippen LogP contribution in [0.3, 0.4) is 0 Å². The standard InChI is InChI=1S/C51H35N3/c1-5-23-39-34(14-1)18-9-27-43(39)38-22-13-31-47(52-48(32-38)44-28-10-19-35-15-2-6-24-40(35)44)51-53-49(45-29-11-20-36-16-3-7-25-41(36)45)33-50(54-51)46-30-12-21-37-17-4-8-26-42(37)46/h1-12,14-30,32-33H,13,31H2/b38-22+,48-32-,52-47+. The molecule has 1 aliphatic rings. The summed E-state index contributed by atoms with van der Waals surface area (Å²) in [5.74, 6) is 0.650. The molecule has 0 spiro atoms. The van der Waals surface area contributed by atoms with Crippen molar-refractivity contribution in [2.45, 2.75) is 12.8 Å². The van der Waals surface area contributed by atoms with Gasteiger partial charge >= 0.3 is 0 Å². The minimum absolute atomic E-state index is 0.650. The molecule has 1 aliphatic heterocycles. The fraction of sp³-hybridized carbons (Fsp3) is 0.0392. The Morgan fingerprint density at radius 3 is 1.31 bits per heavy atom. The Balaban J connectivity index is 1.22. The van der Waals surface area contributed by atoms with E-state index in [2.05, 4.69) is 188 Å². The lowest BCUT2D eigenvalue weighted by atomic mass is 9.93. The average molecular weight is 690 g/mol. The molecule has 0 saturated heterocycles. The van der Waals surface area contributed by atoms with Crippen molar-refractivity contribution in [3.05, 3.63) is 205 Å².